The Morgan fingerprint density at radius 2 is 1.94 bits per heavy atom. The van der Waals surface area contributed by atoms with Crippen molar-refractivity contribution < 1.29 is 19.8 Å². The molecule has 0 bridgehead atoms. The van der Waals surface area contributed by atoms with E-state index in [9.17, 15) is 19.8 Å². The van der Waals surface area contributed by atoms with Gasteiger partial charge in [-0.3, -0.25) is 0 Å². The minimum Gasteiger partial charge on any atom is -0.480 e. The molecule has 0 aromatic rings. The maximum atomic E-state index is 12.0. The van der Waals surface area contributed by atoms with E-state index >= 15 is 0 Å². The summed E-state index contributed by atoms with van der Waals surface area (Å²) < 4.78 is 0. The van der Waals surface area contributed by atoms with Crippen LogP contribution in [-0.2, 0) is 4.79 Å². The smallest absolute Gasteiger partial charge is 0.329 e. The molecule has 2 amide bonds. The number of hydrogen-bond acceptors (Lipinski definition) is 3. The number of carbonyl (C=O) groups excluding carboxylic acids is 1. The van der Waals surface area contributed by atoms with Crippen molar-refractivity contribution >= 4 is 12.0 Å². The molecule has 0 radical (unpaired) electrons. The third-order valence-electron chi connectivity index (χ3n) is 3.36. The Labute approximate surface area is 107 Å². The number of carbonyl (C=O) groups is 2. The molecule has 1 rings (SSSR count). The van der Waals surface area contributed by atoms with E-state index in [4.69, 9.17) is 0 Å². The second-order valence-electron chi connectivity index (χ2n) is 5.04. The summed E-state index contributed by atoms with van der Waals surface area (Å²) in [5, 5.41) is 21.1. The maximum Gasteiger partial charge on any atom is 0.329 e. The highest BCUT2D eigenvalue weighted by molar-refractivity contribution is 5.85. The predicted octanol–water partition coefficient (Wildman–Crippen LogP) is 0.796. The number of rotatable bonds is 4. The first-order chi connectivity index (χ1) is 8.39. The minimum atomic E-state index is -1.22. The van der Waals surface area contributed by atoms with Gasteiger partial charge in [0.25, 0.3) is 0 Å². The van der Waals surface area contributed by atoms with Crippen LogP contribution in [0.15, 0.2) is 0 Å². The zero-order chi connectivity index (χ0) is 13.8. The number of aliphatic hydroxyl groups excluding tert-OH is 1. The number of piperidine rings is 1. The van der Waals surface area contributed by atoms with Crippen molar-refractivity contribution in [1.82, 2.24) is 10.2 Å². The lowest BCUT2D eigenvalue weighted by Gasteiger charge is -2.33. The van der Waals surface area contributed by atoms with Gasteiger partial charge in [0, 0.05) is 13.1 Å². The molecule has 1 aliphatic rings. The molecule has 6 heteroatoms. The highest BCUT2D eigenvalue weighted by atomic mass is 16.4. The molecule has 0 aliphatic carbocycles. The number of urea groups is 1. The number of nitrogens with zero attached hydrogens (tertiary/aromatic N) is 1. The molecule has 3 N–H and O–H groups in total. The van der Waals surface area contributed by atoms with E-state index in [2.05, 4.69) is 5.32 Å². The normalized spacial score (nSPS) is 20.3. The van der Waals surface area contributed by atoms with Gasteiger partial charge >= 0.3 is 12.0 Å². The Balaban J connectivity index is 2.59. The average Bonchev–Trinajstić information content (AvgIpc) is 2.29. The number of nitrogens with one attached hydrogen (secondary N) is 1. The maximum absolute atomic E-state index is 12.0. The Hall–Kier alpha value is -1.30. The molecule has 1 atom stereocenters. The van der Waals surface area contributed by atoms with Crippen molar-refractivity contribution in [3.05, 3.63) is 0 Å². The van der Waals surface area contributed by atoms with E-state index in [1.807, 2.05) is 6.92 Å². The standard InChI is InChI=1S/C12H22N2O4/c1-3-6-12(2,10(16)17)13-11(18)14-7-4-9(15)5-8-14/h9,15H,3-8H2,1-2H3,(H,13,18)(H,16,17). The summed E-state index contributed by atoms with van der Waals surface area (Å²) in [6, 6.07) is -0.361. The number of amides is 2. The fourth-order valence-corrected chi connectivity index (χ4v) is 2.11. The van der Waals surface area contributed by atoms with Gasteiger partial charge in [-0.25, -0.2) is 9.59 Å². The summed E-state index contributed by atoms with van der Waals surface area (Å²) in [5.41, 5.74) is -1.22. The molecule has 1 unspecified atom stereocenters. The van der Waals surface area contributed by atoms with E-state index in [0.717, 1.165) is 0 Å². The Bertz CT molecular complexity index is 313. The lowest BCUT2D eigenvalue weighted by atomic mass is 9.96. The van der Waals surface area contributed by atoms with Gasteiger partial charge in [0.15, 0.2) is 0 Å². The Kier molecular flexibility index (Phi) is 4.95. The minimum absolute atomic E-state index is 0.351. The number of likely N-dealkylation sites (tertiary alicyclic amines) is 1. The van der Waals surface area contributed by atoms with Crippen molar-refractivity contribution in [2.45, 2.75) is 51.2 Å². The first kappa shape index (κ1) is 14.8. The molecule has 18 heavy (non-hydrogen) atoms. The third-order valence-corrected chi connectivity index (χ3v) is 3.36. The van der Waals surface area contributed by atoms with Crippen LogP contribution in [0, 0.1) is 0 Å². The largest absolute Gasteiger partial charge is 0.480 e. The van der Waals surface area contributed by atoms with Crippen molar-refractivity contribution in [3.8, 4) is 0 Å². The summed E-state index contributed by atoms with van der Waals surface area (Å²) in [4.78, 5) is 24.7. The molecule has 1 aliphatic heterocycles. The predicted molar refractivity (Wildman–Crippen MR) is 66.3 cm³/mol. The fourth-order valence-electron chi connectivity index (χ4n) is 2.11. The SMILES string of the molecule is CCCC(C)(NC(=O)N1CCC(O)CC1)C(=O)O. The van der Waals surface area contributed by atoms with Crippen LogP contribution in [0.5, 0.6) is 0 Å². The van der Waals surface area contributed by atoms with Gasteiger partial charge in [0.05, 0.1) is 6.10 Å². The molecular formula is C12H22N2O4. The van der Waals surface area contributed by atoms with E-state index in [-0.39, 0.29) is 12.1 Å². The van der Waals surface area contributed by atoms with Gasteiger partial charge in [-0.2, -0.15) is 0 Å². The molecule has 1 heterocycles. The van der Waals surface area contributed by atoms with Gasteiger partial charge in [0.2, 0.25) is 0 Å². The molecule has 0 spiro atoms. The van der Waals surface area contributed by atoms with E-state index in [1.165, 1.54) is 6.92 Å². The molecule has 1 fully saturated rings. The number of hydrogen-bond donors (Lipinski definition) is 3. The average molecular weight is 258 g/mol. The topological polar surface area (TPSA) is 89.9 Å². The van der Waals surface area contributed by atoms with Crippen LogP contribution in [0.4, 0.5) is 4.79 Å². The van der Waals surface area contributed by atoms with Crippen LogP contribution in [0.2, 0.25) is 0 Å². The van der Waals surface area contributed by atoms with Crippen molar-refractivity contribution in [1.29, 1.82) is 0 Å². The molecule has 104 valence electrons. The van der Waals surface area contributed by atoms with Gasteiger partial charge in [-0.1, -0.05) is 13.3 Å². The first-order valence-electron chi connectivity index (χ1n) is 6.37. The number of aliphatic hydroxyl groups is 1. The summed E-state index contributed by atoms with van der Waals surface area (Å²) in [6.07, 6.45) is 1.82. The Morgan fingerprint density at radius 1 is 1.39 bits per heavy atom. The van der Waals surface area contributed by atoms with Gasteiger partial charge in [0.1, 0.15) is 5.54 Å². The first-order valence-corrected chi connectivity index (χ1v) is 6.37. The molecule has 0 aromatic heterocycles. The lowest BCUT2D eigenvalue weighted by molar-refractivity contribution is -0.144. The van der Waals surface area contributed by atoms with Gasteiger partial charge < -0.3 is 20.4 Å². The highest BCUT2D eigenvalue weighted by Gasteiger charge is 2.35. The van der Waals surface area contributed by atoms with Crippen LogP contribution in [-0.4, -0.2) is 51.8 Å². The van der Waals surface area contributed by atoms with Crippen LogP contribution in [0.25, 0.3) is 0 Å². The van der Waals surface area contributed by atoms with E-state index in [1.54, 1.807) is 4.90 Å². The molecular weight excluding hydrogens is 236 g/mol. The highest BCUT2D eigenvalue weighted by Crippen LogP contribution is 2.15. The lowest BCUT2D eigenvalue weighted by Crippen LogP contribution is -2.57. The number of carboxylic acids is 1. The second-order valence-corrected chi connectivity index (χ2v) is 5.04. The Morgan fingerprint density at radius 3 is 2.39 bits per heavy atom. The van der Waals surface area contributed by atoms with Crippen LogP contribution in [0.1, 0.15) is 39.5 Å². The van der Waals surface area contributed by atoms with E-state index < -0.39 is 11.5 Å². The third kappa shape index (κ3) is 3.60. The summed E-state index contributed by atoms with van der Waals surface area (Å²) >= 11 is 0. The zero-order valence-corrected chi connectivity index (χ0v) is 11.0. The molecule has 0 saturated carbocycles. The van der Waals surface area contributed by atoms with Crippen LogP contribution in [0.3, 0.4) is 0 Å². The van der Waals surface area contributed by atoms with Crippen molar-refractivity contribution in [3.63, 3.8) is 0 Å². The van der Waals surface area contributed by atoms with Crippen LogP contribution >= 0.6 is 0 Å². The number of aliphatic carboxylic acids is 1. The van der Waals surface area contributed by atoms with Crippen molar-refractivity contribution in [2.24, 2.45) is 0 Å². The zero-order valence-electron chi connectivity index (χ0n) is 11.0. The molecule has 0 aromatic carbocycles. The van der Waals surface area contributed by atoms with Gasteiger partial charge in [-0.15, -0.1) is 0 Å². The molecule has 6 nitrogen and oxygen atoms in total. The number of carboxylic acid groups (broad SMARTS) is 1. The van der Waals surface area contributed by atoms with Crippen molar-refractivity contribution in [2.75, 3.05) is 13.1 Å². The second kappa shape index (κ2) is 6.04. The van der Waals surface area contributed by atoms with Crippen LogP contribution < -0.4 is 5.32 Å². The fraction of sp³-hybridized carbons (Fsp3) is 0.833. The van der Waals surface area contributed by atoms with E-state index in [0.29, 0.717) is 38.8 Å². The molecule has 1 saturated heterocycles. The monoisotopic (exact) mass is 258 g/mol. The van der Waals surface area contributed by atoms with Gasteiger partial charge in [-0.05, 0) is 26.2 Å². The summed E-state index contributed by atoms with van der Waals surface area (Å²) in [7, 11) is 0. The summed E-state index contributed by atoms with van der Waals surface area (Å²) in [5.74, 6) is -1.02. The summed E-state index contributed by atoms with van der Waals surface area (Å²) in [6.45, 7) is 4.34. The quantitative estimate of drug-likeness (QED) is 0.695.